The van der Waals surface area contributed by atoms with E-state index in [0.717, 1.165) is 18.0 Å². The Hall–Kier alpha value is -0.120. The smallest absolute Gasteiger partial charge is 0.0120 e. The van der Waals surface area contributed by atoms with Crippen LogP contribution in [0.1, 0.15) is 52.9 Å². The highest BCUT2D eigenvalue weighted by Crippen LogP contribution is 2.21. The van der Waals surface area contributed by atoms with E-state index in [1.165, 1.54) is 71.4 Å². The number of nitrogens with zero attached hydrogens (tertiary/aromatic N) is 2. The van der Waals surface area contributed by atoms with Gasteiger partial charge in [0, 0.05) is 18.6 Å². The zero-order chi connectivity index (χ0) is 14.4. The summed E-state index contributed by atoms with van der Waals surface area (Å²) in [5.74, 6) is 0.887. The van der Waals surface area contributed by atoms with Crippen LogP contribution in [0.25, 0.3) is 0 Å². The number of likely N-dealkylation sites (tertiary alicyclic amines) is 1. The van der Waals surface area contributed by atoms with Crippen LogP contribution in [0.2, 0.25) is 0 Å². The summed E-state index contributed by atoms with van der Waals surface area (Å²) in [6.07, 6.45) is 6.84. The minimum Gasteiger partial charge on any atom is -0.316 e. The highest BCUT2D eigenvalue weighted by atomic mass is 15.2. The summed E-state index contributed by atoms with van der Waals surface area (Å²) in [5.41, 5.74) is 0. The highest BCUT2D eigenvalue weighted by Gasteiger charge is 2.27. The molecule has 0 aromatic carbocycles. The zero-order valence-electron chi connectivity index (χ0n) is 13.9. The van der Waals surface area contributed by atoms with Gasteiger partial charge in [0.1, 0.15) is 0 Å². The lowest BCUT2D eigenvalue weighted by atomic mass is 9.95. The predicted molar refractivity (Wildman–Crippen MR) is 87.2 cm³/mol. The minimum absolute atomic E-state index is 0.720. The molecule has 2 heterocycles. The van der Waals surface area contributed by atoms with Gasteiger partial charge in [-0.05, 0) is 84.6 Å². The molecule has 2 aliphatic rings. The van der Waals surface area contributed by atoms with Crippen LogP contribution in [0, 0.1) is 5.92 Å². The van der Waals surface area contributed by atoms with Crippen LogP contribution in [0.15, 0.2) is 0 Å². The molecule has 2 aliphatic heterocycles. The summed E-state index contributed by atoms with van der Waals surface area (Å²) >= 11 is 0. The molecule has 118 valence electrons. The number of hydrogen-bond acceptors (Lipinski definition) is 3. The lowest BCUT2D eigenvalue weighted by molar-refractivity contribution is 0.0775. The number of nitrogens with one attached hydrogen (secondary N) is 1. The first-order chi connectivity index (χ1) is 9.70. The van der Waals surface area contributed by atoms with Gasteiger partial charge in [0.15, 0.2) is 0 Å². The van der Waals surface area contributed by atoms with Gasteiger partial charge < -0.3 is 10.2 Å². The van der Waals surface area contributed by atoms with Crippen LogP contribution < -0.4 is 5.32 Å². The van der Waals surface area contributed by atoms with Gasteiger partial charge in [-0.25, -0.2) is 0 Å². The van der Waals surface area contributed by atoms with Gasteiger partial charge in [0.05, 0.1) is 0 Å². The molecule has 2 rings (SSSR count). The standard InChI is InChI=1S/C17H35N3/c1-4-10-20(14-16-6-5-9-18-13-16)17-7-11-19(12-8-17)15(2)3/h15-18H,4-14H2,1-3H3. The van der Waals surface area contributed by atoms with E-state index < -0.39 is 0 Å². The summed E-state index contributed by atoms with van der Waals surface area (Å²) in [6, 6.07) is 1.56. The number of piperidine rings is 2. The molecule has 2 fully saturated rings. The van der Waals surface area contributed by atoms with E-state index in [4.69, 9.17) is 0 Å². The summed E-state index contributed by atoms with van der Waals surface area (Å²) in [6.45, 7) is 14.7. The van der Waals surface area contributed by atoms with Crippen molar-refractivity contribution in [2.75, 3.05) is 39.3 Å². The van der Waals surface area contributed by atoms with E-state index in [1.54, 1.807) is 0 Å². The topological polar surface area (TPSA) is 18.5 Å². The summed E-state index contributed by atoms with van der Waals surface area (Å²) in [5, 5.41) is 3.57. The molecule has 0 bridgehead atoms. The van der Waals surface area contributed by atoms with Crippen LogP contribution in [-0.2, 0) is 0 Å². The van der Waals surface area contributed by atoms with Crippen molar-refractivity contribution < 1.29 is 0 Å². The van der Waals surface area contributed by atoms with E-state index in [1.807, 2.05) is 0 Å². The first-order valence-corrected chi connectivity index (χ1v) is 8.89. The molecule has 2 saturated heterocycles. The summed E-state index contributed by atoms with van der Waals surface area (Å²) in [7, 11) is 0. The third-order valence-corrected chi connectivity index (χ3v) is 5.15. The fourth-order valence-electron chi connectivity index (χ4n) is 3.89. The maximum Gasteiger partial charge on any atom is 0.0120 e. The number of rotatable bonds is 6. The van der Waals surface area contributed by atoms with Crippen LogP contribution in [0.5, 0.6) is 0 Å². The van der Waals surface area contributed by atoms with Gasteiger partial charge in [-0.15, -0.1) is 0 Å². The molecule has 3 nitrogen and oxygen atoms in total. The Kier molecular flexibility index (Phi) is 6.79. The molecule has 0 spiro atoms. The fourth-order valence-corrected chi connectivity index (χ4v) is 3.89. The van der Waals surface area contributed by atoms with Gasteiger partial charge in [-0.2, -0.15) is 0 Å². The van der Waals surface area contributed by atoms with Crippen molar-refractivity contribution in [1.82, 2.24) is 15.1 Å². The van der Waals surface area contributed by atoms with E-state index in [2.05, 4.69) is 35.9 Å². The summed E-state index contributed by atoms with van der Waals surface area (Å²) < 4.78 is 0. The monoisotopic (exact) mass is 281 g/mol. The van der Waals surface area contributed by atoms with E-state index in [0.29, 0.717) is 0 Å². The van der Waals surface area contributed by atoms with Crippen molar-refractivity contribution >= 4 is 0 Å². The second kappa shape index (κ2) is 8.35. The molecular formula is C17H35N3. The largest absolute Gasteiger partial charge is 0.316 e. The predicted octanol–water partition coefficient (Wildman–Crippen LogP) is 2.57. The van der Waals surface area contributed by atoms with Gasteiger partial charge in [-0.1, -0.05) is 6.92 Å². The van der Waals surface area contributed by atoms with Crippen molar-refractivity contribution in [3.63, 3.8) is 0 Å². The lowest BCUT2D eigenvalue weighted by Crippen LogP contribution is -2.49. The fraction of sp³-hybridized carbons (Fsp3) is 1.00. The SMILES string of the molecule is CCCN(CC1CCCNC1)C1CCN(C(C)C)CC1. The van der Waals surface area contributed by atoms with Crippen LogP contribution in [-0.4, -0.2) is 61.2 Å². The van der Waals surface area contributed by atoms with Gasteiger partial charge in [0.2, 0.25) is 0 Å². The Bertz CT molecular complexity index is 253. The molecule has 0 amide bonds. The van der Waals surface area contributed by atoms with E-state index >= 15 is 0 Å². The van der Waals surface area contributed by atoms with Gasteiger partial charge >= 0.3 is 0 Å². The normalized spacial score (nSPS) is 26.6. The van der Waals surface area contributed by atoms with Crippen molar-refractivity contribution in [2.45, 2.75) is 65.0 Å². The molecule has 0 aromatic heterocycles. The highest BCUT2D eigenvalue weighted by molar-refractivity contribution is 4.83. The third kappa shape index (κ3) is 4.71. The second-order valence-corrected chi connectivity index (χ2v) is 7.07. The molecule has 3 heteroatoms. The maximum absolute atomic E-state index is 3.57. The van der Waals surface area contributed by atoms with Gasteiger partial charge in [0.25, 0.3) is 0 Å². The van der Waals surface area contributed by atoms with Crippen molar-refractivity contribution in [3.05, 3.63) is 0 Å². The van der Waals surface area contributed by atoms with Crippen LogP contribution in [0.4, 0.5) is 0 Å². The molecule has 1 N–H and O–H groups in total. The van der Waals surface area contributed by atoms with E-state index in [9.17, 15) is 0 Å². The minimum atomic E-state index is 0.720. The Morgan fingerprint density at radius 1 is 1.20 bits per heavy atom. The Morgan fingerprint density at radius 2 is 1.95 bits per heavy atom. The van der Waals surface area contributed by atoms with E-state index in [-0.39, 0.29) is 0 Å². The van der Waals surface area contributed by atoms with Crippen molar-refractivity contribution in [3.8, 4) is 0 Å². The third-order valence-electron chi connectivity index (χ3n) is 5.15. The average molecular weight is 281 g/mol. The maximum atomic E-state index is 3.57. The molecule has 1 atom stereocenters. The van der Waals surface area contributed by atoms with Gasteiger partial charge in [-0.3, -0.25) is 4.90 Å². The van der Waals surface area contributed by atoms with Crippen molar-refractivity contribution in [2.24, 2.45) is 5.92 Å². The lowest BCUT2D eigenvalue weighted by Gasteiger charge is -2.41. The van der Waals surface area contributed by atoms with Crippen LogP contribution in [0.3, 0.4) is 0 Å². The first kappa shape index (κ1) is 16.3. The Morgan fingerprint density at radius 3 is 2.50 bits per heavy atom. The Labute approximate surface area is 126 Å². The molecule has 0 radical (unpaired) electrons. The van der Waals surface area contributed by atoms with Crippen molar-refractivity contribution in [1.29, 1.82) is 0 Å². The Balaban J connectivity index is 1.82. The second-order valence-electron chi connectivity index (χ2n) is 7.07. The number of hydrogen-bond donors (Lipinski definition) is 1. The molecule has 0 aliphatic carbocycles. The quantitative estimate of drug-likeness (QED) is 0.807. The molecule has 1 unspecified atom stereocenters. The molecular weight excluding hydrogens is 246 g/mol. The first-order valence-electron chi connectivity index (χ1n) is 8.89. The molecule has 0 aromatic rings. The zero-order valence-corrected chi connectivity index (χ0v) is 13.9. The average Bonchev–Trinajstić information content (AvgIpc) is 2.48. The molecule has 0 saturated carbocycles. The van der Waals surface area contributed by atoms with Crippen LogP contribution >= 0.6 is 0 Å². The molecule has 20 heavy (non-hydrogen) atoms. The summed E-state index contributed by atoms with van der Waals surface area (Å²) in [4.78, 5) is 5.46.